The molecule has 1 N–H and O–H groups in total. The number of rotatable bonds is 6. The molecule has 4 aliphatic carbocycles. The van der Waals surface area contributed by atoms with Crippen molar-refractivity contribution in [2.45, 2.75) is 129 Å². The lowest BCUT2D eigenvalue weighted by atomic mass is 9.44. The molecule has 4 fully saturated rings. The molecule has 1 saturated heterocycles. The van der Waals surface area contributed by atoms with Crippen LogP contribution in [0.3, 0.4) is 0 Å². The van der Waals surface area contributed by atoms with Gasteiger partial charge in [-0.25, -0.2) is 0 Å². The zero-order chi connectivity index (χ0) is 25.0. The predicted molar refractivity (Wildman–Crippen MR) is 150 cm³/mol. The van der Waals surface area contributed by atoms with E-state index in [9.17, 15) is 5.11 Å². The predicted octanol–water partition coefficient (Wildman–Crippen LogP) is 6.88. The molecule has 10 atom stereocenters. The maximum Gasteiger partial charge on any atom is 0.0581 e. The molecule has 3 saturated carbocycles. The van der Waals surface area contributed by atoms with Crippen molar-refractivity contribution in [3.05, 3.63) is 11.6 Å². The van der Waals surface area contributed by atoms with Gasteiger partial charge < -0.3 is 9.84 Å². The molecule has 1 heterocycles. The van der Waals surface area contributed by atoms with Crippen molar-refractivity contribution in [2.75, 3.05) is 6.61 Å². The van der Waals surface area contributed by atoms with Crippen molar-refractivity contribution in [1.82, 2.24) is 0 Å². The van der Waals surface area contributed by atoms with Gasteiger partial charge >= 0.3 is 0 Å². The molecule has 5 rings (SSSR count). The molecule has 0 spiro atoms. The SMILES string of the molecule is CC(C)CCC[C@@H](C)[C@H]1CC[C@H]2[C@@H]3CC=C4C[C@@H](O)CC(C5([SiH3])CCCCO5)[C@]4(C)[C@H]3CC[C@]12C. The van der Waals surface area contributed by atoms with Crippen LogP contribution in [0.2, 0.25) is 0 Å². The quantitative estimate of drug-likeness (QED) is 0.318. The van der Waals surface area contributed by atoms with E-state index in [1.165, 1.54) is 70.6 Å². The summed E-state index contributed by atoms with van der Waals surface area (Å²) in [6.45, 7) is 13.7. The topological polar surface area (TPSA) is 29.5 Å². The molecule has 0 aromatic rings. The van der Waals surface area contributed by atoms with Crippen LogP contribution < -0.4 is 0 Å². The van der Waals surface area contributed by atoms with Gasteiger partial charge in [0.05, 0.1) is 11.3 Å². The highest BCUT2D eigenvalue weighted by Gasteiger charge is 2.63. The van der Waals surface area contributed by atoms with Gasteiger partial charge in [0.15, 0.2) is 0 Å². The van der Waals surface area contributed by atoms with Gasteiger partial charge in [-0.1, -0.05) is 65.5 Å². The van der Waals surface area contributed by atoms with Crippen LogP contribution in [0, 0.1) is 52.3 Å². The average molecular weight is 501 g/mol. The summed E-state index contributed by atoms with van der Waals surface area (Å²) in [6.07, 6.45) is 19.4. The van der Waals surface area contributed by atoms with Gasteiger partial charge in [-0.2, -0.15) is 0 Å². The highest BCUT2D eigenvalue weighted by molar-refractivity contribution is 6.15. The normalized spacial score (nSPS) is 48.7. The van der Waals surface area contributed by atoms with Crippen LogP contribution in [0.5, 0.6) is 0 Å². The highest BCUT2D eigenvalue weighted by Crippen LogP contribution is 2.69. The molecule has 0 radical (unpaired) electrons. The van der Waals surface area contributed by atoms with E-state index >= 15 is 0 Å². The first kappa shape index (κ1) is 26.5. The second-order valence-electron chi connectivity index (χ2n) is 14.9. The van der Waals surface area contributed by atoms with Gasteiger partial charge in [0.2, 0.25) is 0 Å². The van der Waals surface area contributed by atoms with E-state index in [1.54, 1.807) is 5.57 Å². The first-order valence-corrected chi connectivity index (χ1v) is 16.6. The largest absolute Gasteiger partial charge is 0.393 e. The Bertz CT molecular complexity index is 784. The Kier molecular flexibility index (Phi) is 7.48. The van der Waals surface area contributed by atoms with Gasteiger partial charge in [-0.15, -0.1) is 0 Å². The first-order chi connectivity index (χ1) is 16.6. The van der Waals surface area contributed by atoms with Gasteiger partial charge in [-0.3, -0.25) is 0 Å². The summed E-state index contributed by atoms with van der Waals surface area (Å²) in [7, 11) is 1.09. The van der Waals surface area contributed by atoms with E-state index in [0.29, 0.717) is 11.3 Å². The summed E-state index contributed by atoms with van der Waals surface area (Å²) in [4.78, 5) is 0. The smallest absolute Gasteiger partial charge is 0.0581 e. The third-order valence-corrected chi connectivity index (χ3v) is 14.1. The molecule has 3 heteroatoms. The summed E-state index contributed by atoms with van der Waals surface area (Å²) in [5, 5.41) is 11.1. The Balaban J connectivity index is 1.40. The summed E-state index contributed by atoms with van der Waals surface area (Å²) in [5.41, 5.74) is 2.40. The summed E-state index contributed by atoms with van der Waals surface area (Å²) in [5.74, 6) is 5.71. The van der Waals surface area contributed by atoms with Crippen LogP contribution in [0.15, 0.2) is 11.6 Å². The van der Waals surface area contributed by atoms with Gasteiger partial charge in [0.1, 0.15) is 0 Å². The lowest BCUT2D eigenvalue weighted by Crippen LogP contribution is -2.60. The zero-order valence-corrected chi connectivity index (χ0v) is 26.0. The molecule has 35 heavy (non-hydrogen) atoms. The summed E-state index contributed by atoms with van der Waals surface area (Å²) >= 11 is 0. The number of fused-ring (bicyclic) bond motifs is 5. The number of allylic oxidation sites excluding steroid dienone is 1. The second kappa shape index (κ2) is 9.88. The van der Waals surface area contributed by atoms with E-state index in [2.05, 4.69) is 40.7 Å². The maximum absolute atomic E-state index is 11.0. The van der Waals surface area contributed by atoms with Crippen LogP contribution >= 0.6 is 0 Å². The van der Waals surface area contributed by atoms with E-state index in [0.717, 1.165) is 65.2 Å². The van der Waals surface area contributed by atoms with Crippen molar-refractivity contribution < 1.29 is 9.84 Å². The monoisotopic (exact) mass is 500 g/mol. The molecule has 1 aliphatic heterocycles. The highest BCUT2D eigenvalue weighted by atomic mass is 28.1. The van der Waals surface area contributed by atoms with E-state index in [4.69, 9.17) is 4.74 Å². The fourth-order valence-electron chi connectivity index (χ4n) is 10.9. The number of ether oxygens (including phenoxy) is 1. The first-order valence-electron chi connectivity index (χ1n) is 15.6. The zero-order valence-electron chi connectivity index (χ0n) is 24.0. The van der Waals surface area contributed by atoms with Crippen molar-refractivity contribution in [1.29, 1.82) is 0 Å². The van der Waals surface area contributed by atoms with Crippen LogP contribution in [0.1, 0.15) is 118 Å². The van der Waals surface area contributed by atoms with Crippen LogP contribution in [-0.4, -0.2) is 33.3 Å². The third-order valence-electron chi connectivity index (χ3n) is 12.7. The maximum atomic E-state index is 11.0. The molecule has 0 bridgehead atoms. The van der Waals surface area contributed by atoms with Gasteiger partial charge in [0.25, 0.3) is 0 Å². The third kappa shape index (κ3) is 4.46. The number of aliphatic hydroxyl groups excluding tert-OH is 1. The van der Waals surface area contributed by atoms with Gasteiger partial charge in [0, 0.05) is 16.8 Å². The fraction of sp³-hybridized carbons (Fsp3) is 0.938. The Morgan fingerprint density at radius 1 is 1.06 bits per heavy atom. The Hall–Kier alpha value is -0.123. The number of hydrogen-bond donors (Lipinski definition) is 1. The Morgan fingerprint density at radius 3 is 2.57 bits per heavy atom. The van der Waals surface area contributed by atoms with E-state index in [1.807, 2.05) is 0 Å². The molecule has 200 valence electrons. The van der Waals surface area contributed by atoms with Crippen LogP contribution in [-0.2, 0) is 4.74 Å². The number of aliphatic hydroxyl groups is 1. The summed E-state index contributed by atoms with van der Waals surface area (Å²) in [6, 6.07) is 0. The molecular formula is C32H56O2Si. The molecule has 0 aromatic heterocycles. The van der Waals surface area contributed by atoms with Crippen LogP contribution in [0.4, 0.5) is 0 Å². The van der Waals surface area contributed by atoms with Crippen molar-refractivity contribution in [3.63, 3.8) is 0 Å². The average Bonchev–Trinajstić information content (AvgIpc) is 3.16. The molecule has 0 amide bonds. The standard InChI is InChI=1S/C32H56O2Si/c1-21(2)9-8-10-22(3)26-13-14-27-25-12-11-23-19-24(33)20-29(32(35)16-6-7-18-34-32)31(23,5)28(25)15-17-30(26,27)4/h11,21-22,24-29,33H,6-10,12-20H2,1-5,35H3/t22-,24-,25+,26-,27+,28+,29?,30-,31+,32?/m1/s1. The van der Waals surface area contributed by atoms with Crippen LogP contribution in [0.25, 0.3) is 0 Å². The minimum atomic E-state index is -0.163. The minimum Gasteiger partial charge on any atom is -0.393 e. The van der Waals surface area contributed by atoms with Crippen molar-refractivity contribution >= 4 is 10.2 Å². The Labute approximate surface area is 219 Å². The lowest BCUT2D eigenvalue weighted by Gasteiger charge is -2.63. The second-order valence-corrected chi connectivity index (χ2v) is 16.6. The molecule has 0 aromatic carbocycles. The molecule has 5 aliphatic rings. The lowest BCUT2D eigenvalue weighted by molar-refractivity contribution is -0.147. The molecular weight excluding hydrogens is 444 g/mol. The molecule has 2 unspecified atom stereocenters. The summed E-state index contributed by atoms with van der Waals surface area (Å²) < 4.78 is 6.68. The van der Waals surface area contributed by atoms with E-state index < -0.39 is 0 Å². The number of hydrogen-bond acceptors (Lipinski definition) is 2. The Morgan fingerprint density at radius 2 is 1.86 bits per heavy atom. The van der Waals surface area contributed by atoms with Crippen molar-refractivity contribution in [2.24, 2.45) is 52.3 Å². The van der Waals surface area contributed by atoms with Gasteiger partial charge in [-0.05, 0) is 116 Å². The van der Waals surface area contributed by atoms with E-state index in [-0.39, 0.29) is 16.7 Å². The fourth-order valence-corrected chi connectivity index (χ4v) is 12.3. The van der Waals surface area contributed by atoms with Crippen molar-refractivity contribution in [3.8, 4) is 0 Å². The minimum absolute atomic E-state index is 0.0687. The molecule has 2 nitrogen and oxygen atoms in total.